The smallest absolute Gasteiger partial charge is 0.232 e. The van der Waals surface area contributed by atoms with Crippen LogP contribution < -0.4 is 4.74 Å². The minimum atomic E-state index is 0.0624. The molecule has 0 bridgehead atoms. The zero-order chi connectivity index (χ0) is 16.1. The normalized spacial score (nSPS) is 14.4. The van der Waals surface area contributed by atoms with Crippen molar-refractivity contribution in [3.8, 4) is 5.88 Å². The van der Waals surface area contributed by atoms with Gasteiger partial charge in [0, 0.05) is 17.5 Å². The van der Waals surface area contributed by atoms with Crippen molar-refractivity contribution in [1.82, 2.24) is 9.88 Å². The van der Waals surface area contributed by atoms with Crippen molar-refractivity contribution in [2.24, 2.45) is 0 Å². The van der Waals surface area contributed by atoms with Crippen molar-refractivity contribution >= 4 is 17.7 Å². The molecule has 0 radical (unpaired) electrons. The lowest BCUT2D eigenvalue weighted by molar-refractivity contribution is -0.137. The maximum Gasteiger partial charge on any atom is 0.232 e. The summed E-state index contributed by atoms with van der Waals surface area (Å²) in [5, 5.41) is 0. The summed E-state index contributed by atoms with van der Waals surface area (Å²) >= 11 is 1.65. The Labute approximate surface area is 140 Å². The minimum absolute atomic E-state index is 0.0624. The van der Waals surface area contributed by atoms with E-state index >= 15 is 0 Å². The zero-order valence-corrected chi connectivity index (χ0v) is 14.0. The second-order valence-electron chi connectivity index (χ2n) is 5.63. The first-order chi connectivity index (χ1) is 11.2. The number of rotatable bonds is 6. The summed E-state index contributed by atoms with van der Waals surface area (Å²) in [4.78, 5) is 18.3. The van der Waals surface area contributed by atoms with E-state index in [-0.39, 0.29) is 12.0 Å². The van der Waals surface area contributed by atoms with Gasteiger partial charge in [-0.15, -0.1) is 11.8 Å². The summed E-state index contributed by atoms with van der Waals surface area (Å²) in [6.45, 7) is 3.24. The molecule has 0 aliphatic carbocycles. The van der Waals surface area contributed by atoms with Crippen LogP contribution in [-0.4, -0.2) is 40.7 Å². The number of thioether (sulfide) groups is 1. The molecular weight excluding hydrogens is 308 g/mol. The van der Waals surface area contributed by atoms with Gasteiger partial charge in [-0.05, 0) is 18.6 Å². The lowest BCUT2D eigenvalue weighted by Crippen LogP contribution is -2.56. The topological polar surface area (TPSA) is 42.4 Å². The van der Waals surface area contributed by atoms with Crippen LogP contribution in [0.2, 0.25) is 0 Å². The third-order valence-electron chi connectivity index (χ3n) is 3.69. The largest absolute Gasteiger partial charge is 0.471 e. The summed E-state index contributed by atoms with van der Waals surface area (Å²) in [6.07, 6.45) is 0.0624. The van der Waals surface area contributed by atoms with Crippen molar-refractivity contribution in [1.29, 1.82) is 0 Å². The lowest BCUT2D eigenvalue weighted by Gasteiger charge is -2.38. The first kappa shape index (κ1) is 15.9. The number of carbonyl (C=O) groups is 1. The van der Waals surface area contributed by atoms with Gasteiger partial charge in [-0.25, -0.2) is 4.98 Å². The summed E-state index contributed by atoms with van der Waals surface area (Å²) in [5.74, 6) is 2.21. The number of aryl methyl sites for hydroxylation is 1. The molecule has 3 rings (SSSR count). The number of amides is 1. The molecule has 0 spiro atoms. The molecule has 1 amide bonds. The molecule has 5 heteroatoms. The molecule has 1 saturated heterocycles. The van der Waals surface area contributed by atoms with E-state index in [1.54, 1.807) is 11.8 Å². The van der Waals surface area contributed by atoms with Crippen LogP contribution in [-0.2, 0) is 10.5 Å². The summed E-state index contributed by atoms with van der Waals surface area (Å²) < 4.78 is 5.77. The first-order valence-electron chi connectivity index (χ1n) is 7.70. The number of nitrogens with zero attached hydrogens (tertiary/aromatic N) is 2. The van der Waals surface area contributed by atoms with E-state index in [2.05, 4.69) is 17.1 Å². The first-order valence-corrected chi connectivity index (χ1v) is 8.86. The number of carbonyl (C=O) groups excluding carboxylic acids is 1. The summed E-state index contributed by atoms with van der Waals surface area (Å²) in [6, 6.07) is 15.9. The molecule has 120 valence electrons. The van der Waals surface area contributed by atoms with Crippen LogP contribution in [0, 0.1) is 6.92 Å². The molecule has 1 aliphatic rings. The Morgan fingerprint density at radius 3 is 2.74 bits per heavy atom. The maximum absolute atomic E-state index is 12.1. The second kappa shape index (κ2) is 7.51. The number of benzene rings is 1. The lowest BCUT2D eigenvalue weighted by atomic mass is 10.1. The fourth-order valence-corrected chi connectivity index (χ4v) is 3.28. The van der Waals surface area contributed by atoms with Gasteiger partial charge in [-0.3, -0.25) is 4.79 Å². The van der Waals surface area contributed by atoms with E-state index in [4.69, 9.17) is 4.74 Å². The van der Waals surface area contributed by atoms with Gasteiger partial charge >= 0.3 is 0 Å². The highest BCUT2D eigenvalue weighted by Crippen LogP contribution is 2.19. The van der Waals surface area contributed by atoms with Gasteiger partial charge in [-0.2, -0.15) is 0 Å². The molecule has 0 saturated carbocycles. The molecule has 0 N–H and O–H groups in total. The number of hydrogen-bond donors (Lipinski definition) is 0. The number of aromatic nitrogens is 1. The number of pyridine rings is 1. The van der Waals surface area contributed by atoms with Gasteiger partial charge in [0.05, 0.1) is 18.8 Å². The molecule has 1 fully saturated rings. The van der Waals surface area contributed by atoms with Crippen LogP contribution in [0.3, 0.4) is 0 Å². The molecular formula is C18H20N2O2S. The Morgan fingerprint density at radius 1 is 1.22 bits per heavy atom. The number of likely N-dealkylation sites (tertiary alicyclic amines) is 1. The third-order valence-corrected chi connectivity index (χ3v) is 4.68. The Bertz CT molecular complexity index is 657. The van der Waals surface area contributed by atoms with Gasteiger partial charge in [-0.1, -0.05) is 36.4 Å². The van der Waals surface area contributed by atoms with Crippen molar-refractivity contribution in [3.63, 3.8) is 0 Å². The predicted octanol–water partition coefficient (Wildman–Crippen LogP) is 2.91. The monoisotopic (exact) mass is 328 g/mol. The standard InChI is InChI=1S/C18H20N2O2S/c1-14-6-5-9-17(19-14)22-16-10-20(11-16)18(21)13-23-12-15-7-3-2-4-8-15/h2-9,16H,10-13H2,1H3. The van der Waals surface area contributed by atoms with Crippen molar-refractivity contribution in [2.75, 3.05) is 18.8 Å². The molecule has 1 aliphatic heterocycles. The van der Waals surface area contributed by atoms with E-state index in [1.165, 1.54) is 5.56 Å². The van der Waals surface area contributed by atoms with Crippen LogP contribution >= 0.6 is 11.8 Å². The highest BCUT2D eigenvalue weighted by atomic mass is 32.2. The average molecular weight is 328 g/mol. The summed E-state index contributed by atoms with van der Waals surface area (Å²) in [5.41, 5.74) is 2.19. The van der Waals surface area contributed by atoms with E-state index in [0.717, 1.165) is 11.4 Å². The van der Waals surface area contributed by atoms with Crippen LogP contribution in [0.15, 0.2) is 48.5 Å². The van der Waals surface area contributed by atoms with Crippen LogP contribution in [0.4, 0.5) is 0 Å². The predicted molar refractivity (Wildman–Crippen MR) is 92.6 cm³/mol. The Morgan fingerprint density at radius 2 is 2.00 bits per heavy atom. The maximum atomic E-state index is 12.1. The van der Waals surface area contributed by atoms with Gasteiger partial charge in [0.2, 0.25) is 11.8 Å². The highest BCUT2D eigenvalue weighted by molar-refractivity contribution is 7.99. The quantitative estimate of drug-likeness (QED) is 0.818. The van der Waals surface area contributed by atoms with Gasteiger partial charge < -0.3 is 9.64 Å². The number of hydrogen-bond acceptors (Lipinski definition) is 4. The molecule has 2 heterocycles. The Hall–Kier alpha value is -2.01. The summed E-state index contributed by atoms with van der Waals surface area (Å²) in [7, 11) is 0. The molecule has 1 aromatic heterocycles. The van der Waals surface area contributed by atoms with Gasteiger partial charge in [0.1, 0.15) is 6.10 Å². The Balaban J connectivity index is 1.36. The Kier molecular flexibility index (Phi) is 5.18. The second-order valence-corrected chi connectivity index (χ2v) is 6.62. The minimum Gasteiger partial charge on any atom is -0.471 e. The van der Waals surface area contributed by atoms with Crippen LogP contribution in [0.5, 0.6) is 5.88 Å². The molecule has 1 aromatic carbocycles. The molecule has 23 heavy (non-hydrogen) atoms. The average Bonchev–Trinajstić information content (AvgIpc) is 2.51. The van der Waals surface area contributed by atoms with Crippen molar-refractivity contribution in [3.05, 3.63) is 59.8 Å². The zero-order valence-electron chi connectivity index (χ0n) is 13.1. The number of ether oxygens (including phenoxy) is 1. The molecule has 0 unspecified atom stereocenters. The van der Waals surface area contributed by atoms with E-state index in [0.29, 0.717) is 24.7 Å². The molecule has 2 aromatic rings. The SMILES string of the molecule is Cc1cccc(OC2CN(C(=O)CSCc3ccccc3)C2)n1. The van der Waals surface area contributed by atoms with Crippen LogP contribution in [0.1, 0.15) is 11.3 Å². The van der Waals surface area contributed by atoms with E-state index in [9.17, 15) is 4.79 Å². The van der Waals surface area contributed by atoms with E-state index in [1.807, 2.05) is 48.2 Å². The highest BCUT2D eigenvalue weighted by Gasteiger charge is 2.32. The van der Waals surface area contributed by atoms with Crippen molar-refractivity contribution in [2.45, 2.75) is 18.8 Å². The van der Waals surface area contributed by atoms with Gasteiger partial charge in [0.15, 0.2) is 0 Å². The third kappa shape index (κ3) is 4.48. The molecule has 4 nitrogen and oxygen atoms in total. The fourth-order valence-electron chi connectivity index (χ4n) is 2.39. The van der Waals surface area contributed by atoms with Crippen molar-refractivity contribution < 1.29 is 9.53 Å². The molecule has 0 atom stereocenters. The van der Waals surface area contributed by atoms with Crippen LogP contribution in [0.25, 0.3) is 0 Å². The van der Waals surface area contributed by atoms with Gasteiger partial charge in [0.25, 0.3) is 0 Å². The van der Waals surface area contributed by atoms with E-state index < -0.39 is 0 Å². The fraction of sp³-hybridized carbons (Fsp3) is 0.333.